The van der Waals surface area contributed by atoms with Crippen molar-refractivity contribution >= 4 is 16.7 Å². The quantitative estimate of drug-likeness (QED) is 0.819. The molecule has 0 amide bonds. The highest BCUT2D eigenvalue weighted by atomic mass is 15.2. The van der Waals surface area contributed by atoms with Crippen LogP contribution in [0.1, 0.15) is 5.56 Å². The number of hydrogen-bond donors (Lipinski definition) is 2. The Morgan fingerprint density at radius 1 is 1.12 bits per heavy atom. The van der Waals surface area contributed by atoms with Crippen LogP contribution in [-0.4, -0.2) is 19.0 Å². The van der Waals surface area contributed by atoms with Crippen LogP contribution in [-0.2, 0) is 6.54 Å². The Bertz CT molecular complexity index is 560. The van der Waals surface area contributed by atoms with Crippen LogP contribution in [0.25, 0.3) is 10.8 Å². The zero-order chi connectivity index (χ0) is 11.5. The van der Waals surface area contributed by atoms with Crippen molar-refractivity contribution < 1.29 is 0 Å². The van der Waals surface area contributed by atoms with Crippen LogP contribution >= 0.6 is 0 Å². The second-order valence-electron chi connectivity index (χ2n) is 4.19. The predicted octanol–water partition coefficient (Wildman–Crippen LogP) is 1.89. The Kier molecular flexibility index (Phi) is 2.66. The molecule has 86 valence electrons. The lowest BCUT2D eigenvalue weighted by atomic mass is 10.1. The third kappa shape index (κ3) is 2.23. The van der Waals surface area contributed by atoms with Gasteiger partial charge in [0.05, 0.1) is 6.54 Å². The molecule has 17 heavy (non-hydrogen) atoms. The van der Waals surface area contributed by atoms with Gasteiger partial charge in [0.1, 0.15) is 0 Å². The molecule has 0 fully saturated rings. The van der Waals surface area contributed by atoms with Crippen LogP contribution in [0.2, 0.25) is 0 Å². The molecule has 2 N–H and O–H groups in total. The van der Waals surface area contributed by atoms with E-state index in [9.17, 15) is 0 Å². The second kappa shape index (κ2) is 4.45. The summed E-state index contributed by atoms with van der Waals surface area (Å²) in [5.41, 5.74) is 1.28. The van der Waals surface area contributed by atoms with Gasteiger partial charge in [-0.05, 0) is 22.4 Å². The standard InChI is InChI=1S/C14H15N3/c1-2-4-13-9-11(5-6-12(13)3-1)10-17-14-15-7-8-16-14/h1-6,9H,7-8,10H2,(H2,15,16,17). The van der Waals surface area contributed by atoms with Crippen molar-refractivity contribution in [2.24, 2.45) is 4.99 Å². The number of rotatable bonds is 2. The molecule has 0 aliphatic carbocycles. The minimum absolute atomic E-state index is 0.816. The van der Waals surface area contributed by atoms with Crippen molar-refractivity contribution in [1.29, 1.82) is 0 Å². The molecule has 0 atom stereocenters. The average Bonchev–Trinajstić information content (AvgIpc) is 2.89. The van der Waals surface area contributed by atoms with Crippen molar-refractivity contribution in [1.82, 2.24) is 10.6 Å². The maximum absolute atomic E-state index is 4.31. The number of fused-ring (bicyclic) bond motifs is 1. The van der Waals surface area contributed by atoms with Gasteiger partial charge in [-0.15, -0.1) is 0 Å². The van der Waals surface area contributed by atoms with E-state index in [-0.39, 0.29) is 0 Å². The third-order valence-electron chi connectivity index (χ3n) is 2.95. The summed E-state index contributed by atoms with van der Waals surface area (Å²) in [6.45, 7) is 2.64. The van der Waals surface area contributed by atoms with Crippen molar-refractivity contribution in [3.63, 3.8) is 0 Å². The van der Waals surface area contributed by atoms with E-state index < -0.39 is 0 Å². The van der Waals surface area contributed by atoms with Gasteiger partial charge >= 0.3 is 0 Å². The predicted molar refractivity (Wildman–Crippen MR) is 71.1 cm³/mol. The smallest absolute Gasteiger partial charge is 0.191 e. The Morgan fingerprint density at radius 2 is 2.00 bits per heavy atom. The van der Waals surface area contributed by atoms with Gasteiger partial charge in [-0.25, -0.2) is 0 Å². The number of aliphatic imine (C=N–C) groups is 1. The summed E-state index contributed by atoms with van der Waals surface area (Å²) in [6.07, 6.45) is 0. The Hall–Kier alpha value is -2.03. The minimum Gasteiger partial charge on any atom is -0.355 e. The van der Waals surface area contributed by atoms with E-state index in [1.54, 1.807) is 0 Å². The maximum atomic E-state index is 4.31. The summed E-state index contributed by atoms with van der Waals surface area (Å²) in [6, 6.07) is 15.0. The van der Waals surface area contributed by atoms with Gasteiger partial charge in [-0.1, -0.05) is 36.4 Å². The lowest BCUT2D eigenvalue weighted by molar-refractivity contribution is 0.868. The molecule has 1 aliphatic heterocycles. The molecule has 0 aromatic heterocycles. The molecule has 1 aliphatic rings. The van der Waals surface area contributed by atoms with E-state index >= 15 is 0 Å². The van der Waals surface area contributed by atoms with Gasteiger partial charge in [0.25, 0.3) is 0 Å². The van der Waals surface area contributed by atoms with Gasteiger partial charge in [0, 0.05) is 13.1 Å². The molecule has 3 nitrogen and oxygen atoms in total. The first-order valence-electron chi connectivity index (χ1n) is 5.92. The van der Waals surface area contributed by atoms with E-state index in [0.717, 1.165) is 25.6 Å². The number of benzene rings is 2. The van der Waals surface area contributed by atoms with E-state index in [4.69, 9.17) is 0 Å². The van der Waals surface area contributed by atoms with Gasteiger partial charge in [-0.3, -0.25) is 4.99 Å². The molecule has 0 spiro atoms. The molecule has 2 aromatic rings. The summed E-state index contributed by atoms with van der Waals surface area (Å²) in [5.74, 6) is 0.915. The normalized spacial score (nSPS) is 14.5. The second-order valence-corrected chi connectivity index (χ2v) is 4.19. The lowest BCUT2D eigenvalue weighted by Crippen LogP contribution is -2.33. The molecule has 0 bridgehead atoms. The van der Waals surface area contributed by atoms with Crippen LogP contribution < -0.4 is 10.6 Å². The summed E-state index contributed by atoms with van der Waals surface area (Å²) >= 11 is 0. The average molecular weight is 225 g/mol. The summed E-state index contributed by atoms with van der Waals surface area (Å²) in [4.78, 5) is 4.31. The van der Waals surface area contributed by atoms with Gasteiger partial charge in [-0.2, -0.15) is 0 Å². The molecule has 1 heterocycles. The molecule has 0 saturated heterocycles. The molecule has 0 radical (unpaired) electrons. The monoisotopic (exact) mass is 225 g/mol. The van der Waals surface area contributed by atoms with Crippen LogP contribution in [0, 0.1) is 0 Å². The zero-order valence-corrected chi connectivity index (χ0v) is 9.61. The van der Waals surface area contributed by atoms with Crippen LogP contribution in [0.15, 0.2) is 47.5 Å². The fraction of sp³-hybridized carbons (Fsp3) is 0.214. The van der Waals surface area contributed by atoms with E-state index in [1.165, 1.54) is 16.3 Å². The van der Waals surface area contributed by atoms with Gasteiger partial charge in [0.2, 0.25) is 0 Å². The Morgan fingerprint density at radius 3 is 2.82 bits per heavy atom. The molecule has 3 heteroatoms. The topological polar surface area (TPSA) is 36.4 Å². The van der Waals surface area contributed by atoms with Crippen molar-refractivity contribution in [3.8, 4) is 0 Å². The van der Waals surface area contributed by atoms with Crippen LogP contribution in [0.5, 0.6) is 0 Å². The molecular formula is C14H15N3. The highest BCUT2D eigenvalue weighted by Gasteiger charge is 2.03. The van der Waals surface area contributed by atoms with Crippen molar-refractivity contribution in [3.05, 3.63) is 48.0 Å². The van der Waals surface area contributed by atoms with E-state index in [1.807, 2.05) is 0 Å². The maximum Gasteiger partial charge on any atom is 0.191 e. The lowest BCUT2D eigenvalue weighted by Gasteiger charge is -2.07. The number of nitrogens with one attached hydrogen (secondary N) is 2. The van der Waals surface area contributed by atoms with Gasteiger partial charge in [0.15, 0.2) is 5.96 Å². The minimum atomic E-state index is 0.816. The number of guanidine groups is 1. The molecular weight excluding hydrogens is 210 g/mol. The first-order chi connectivity index (χ1) is 8.42. The summed E-state index contributed by atoms with van der Waals surface area (Å²) < 4.78 is 0. The third-order valence-corrected chi connectivity index (χ3v) is 2.95. The summed E-state index contributed by atoms with van der Waals surface area (Å²) in [5, 5.41) is 9.07. The van der Waals surface area contributed by atoms with E-state index in [0.29, 0.717) is 0 Å². The Labute approximate surface area is 101 Å². The van der Waals surface area contributed by atoms with Crippen molar-refractivity contribution in [2.45, 2.75) is 6.54 Å². The van der Waals surface area contributed by atoms with Gasteiger partial charge < -0.3 is 10.6 Å². The first kappa shape index (κ1) is 10.1. The molecule has 3 rings (SSSR count). The van der Waals surface area contributed by atoms with Crippen molar-refractivity contribution in [2.75, 3.05) is 13.1 Å². The fourth-order valence-electron chi connectivity index (χ4n) is 2.05. The highest BCUT2D eigenvalue weighted by Crippen LogP contribution is 2.15. The number of hydrogen-bond acceptors (Lipinski definition) is 3. The SMILES string of the molecule is c1ccc2cc(CNC3=NCCN3)ccc2c1. The molecule has 0 saturated carbocycles. The van der Waals surface area contributed by atoms with Crippen LogP contribution in [0.4, 0.5) is 0 Å². The Balaban J connectivity index is 1.76. The van der Waals surface area contributed by atoms with Crippen LogP contribution in [0.3, 0.4) is 0 Å². The zero-order valence-electron chi connectivity index (χ0n) is 9.61. The number of nitrogens with zero attached hydrogens (tertiary/aromatic N) is 1. The molecule has 2 aromatic carbocycles. The highest BCUT2D eigenvalue weighted by molar-refractivity contribution is 5.83. The molecule has 0 unspecified atom stereocenters. The fourth-order valence-corrected chi connectivity index (χ4v) is 2.05. The summed E-state index contributed by atoms with van der Waals surface area (Å²) in [7, 11) is 0. The first-order valence-corrected chi connectivity index (χ1v) is 5.92. The largest absolute Gasteiger partial charge is 0.355 e. The van der Waals surface area contributed by atoms with E-state index in [2.05, 4.69) is 58.1 Å².